The number of aliphatic carboxylic acids is 1. The summed E-state index contributed by atoms with van der Waals surface area (Å²) < 4.78 is 1.91. The number of benzene rings is 1. The monoisotopic (exact) mass is 278 g/mol. The molecule has 2 aromatic heterocycles. The van der Waals surface area contributed by atoms with E-state index in [1.807, 2.05) is 60.0 Å². The maximum Gasteiger partial charge on any atom is 0.328 e. The van der Waals surface area contributed by atoms with E-state index >= 15 is 0 Å². The molecule has 0 aliphatic rings. The smallest absolute Gasteiger partial charge is 0.328 e. The van der Waals surface area contributed by atoms with Crippen LogP contribution in [0.15, 0.2) is 54.7 Å². The maximum absolute atomic E-state index is 10.8. The lowest BCUT2D eigenvalue weighted by Crippen LogP contribution is -1.91. The molecule has 0 aliphatic heterocycles. The zero-order valence-corrected chi connectivity index (χ0v) is 11.5. The van der Waals surface area contributed by atoms with Crippen LogP contribution in [-0.4, -0.2) is 20.5 Å². The van der Waals surface area contributed by atoms with Crippen molar-refractivity contribution in [3.8, 4) is 11.3 Å². The number of carboxylic acid groups (broad SMARTS) is 1. The SMILES string of the molecule is Cc1ccc2nc(-c3ccccc3)c(/C=C/C(=O)O)n2c1. The van der Waals surface area contributed by atoms with Gasteiger partial charge >= 0.3 is 5.97 Å². The number of pyridine rings is 1. The van der Waals surface area contributed by atoms with E-state index in [2.05, 4.69) is 4.98 Å². The van der Waals surface area contributed by atoms with Gasteiger partial charge in [0.25, 0.3) is 0 Å². The van der Waals surface area contributed by atoms with Crippen molar-refractivity contribution in [3.63, 3.8) is 0 Å². The van der Waals surface area contributed by atoms with Crippen molar-refractivity contribution in [2.75, 3.05) is 0 Å². The summed E-state index contributed by atoms with van der Waals surface area (Å²) in [6.07, 6.45) is 4.68. The number of nitrogens with zero attached hydrogens (tertiary/aromatic N) is 2. The van der Waals surface area contributed by atoms with Gasteiger partial charge in [0.1, 0.15) is 5.65 Å². The lowest BCUT2D eigenvalue weighted by Gasteiger charge is -2.01. The number of hydrogen-bond acceptors (Lipinski definition) is 2. The quantitative estimate of drug-likeness (QED) is 0.747. The van der Waals surface area contributed by atoms with Crippen LogP contribution in [0.4, 0.5) is 0 Å². The van der Waals surface area contributed by atoms with Gasteiger partial charge in [0.05, 0.1) is 11.4 Å². The number of rotatable bonds is 3. The summed E-state index contributed by atoms with van der Waals surface area (Å²) in [6.45, 7) is 1.99. The summed E-state index contributed by atoms with van der Waals surface area (Å²) in [7, 11) is 0. The second-order valence-electron chi connectivity index (χ2n) is 4.82. The van der Waals surface area contributed by atoms with E-state index in [0.29, 0.717) is 0 Å². The van der Waals surface area contributed by atoms with E-state index in [4.69, 9.17) is 5.11 Å². The molecule has 0 spiro atoms. The average molecular weight is 278 g/mol. The van der Waals surface area contributed by atoms with E-state index in [9.17, 15) is 4.79 Å². The van der Waals surface area contributed by atoms with Crippen molar-refractivity contribution in [3.05, 3.63) is 66.0 Å². The van der Waals surface area contributed by atoms with E-state index < -0.39 is 5.97 Å². The first-order valence-electron chi connectivity index (χ1n) is 6.60. The van der Waals surface area contributed by atoms with Crippen molar-refractivity contribution in [2.24, 2.45) is 0 Å². The number of hydrogen-bond donors (Lipinski definition) is 1. The normalized spacial score (nSPS) is 11.3. The van der Waals surface area contributed by atoms with Crippen LogP contribution in [0, 0.1) is 6.92 Å². The highest BCUT2D eigenvalue weighted by molar-refractivity contribution is 5.87. The lowest BCUT2D eigenvalue weighted by molar-refractivity contribution is -0.131. The number of imidazole rings is 1. The molecule has 0 unspecified atom stereocenters. The van der Waals surface area contributed by atoms with Gasteiger partial charge in [-0.25, -0.2) is 9.78 Å². The highest BCUT2D eigenvalue weighted by Crippen LogP contribution is 2.25. The Hall–Kier alpha value is -2.88. The van der Waals surface area contributed by atoms with Gasteiger partial charge in [-0.3, -0.25) is 4.40 Å². The molecule has 21 heavy (non-hydrogen) atoms. The third-order valence-electron chi connectivity index (χ3n) is 3.23. The fraction of sp³-hybridized carbons (Fsp3) is 0.0588. The minimum absolute atomic E-state index is 0.766. The molecule has 0 aliphatic carbocycles. The largest absolute Gasteiger partial charge is 0.478 e. The highest BCUT2D eigenvalue weighted by atomic mass is 16.4. The topological polar surface area (TPSA) is 54.6 Å². The number of aryl methyl sites for hydroxylation is 1. The van der Waals surface area contributed by atoms with Crippen LogP contribution in [-0.2, 0) is 4.79 Å². The molecule has 0 bridgehead atoms. The maximum atomic E-state index is 10.8. The molecule has 0 atom stereocenters. The Labute approximate surface area is 122 Å². The van der Waals surface area contributed by atoms with E-state index in [-0.39, 0.29) is 0 Å². The highest BCUT2D eigenvalue weighted by Gasteiger charge is 2.12. The van der Waals surface area contributed by atoms with Gasteiger partial charge in [-0.2, -0.15) is 0 Å². The minimum Gasteiger partial charge on any atom is -0.478 e. The first-order chi connectivity index (χ1) is 10.1. The van der Waals surface area contributed by atoms with Crippen molar-refractivity contribution >= 4 is 17.7 Å². The van der Waals surface area contributed by atoms with Crippen molar-refractivity contribution < 1.29 is 9.90 Å². The van der Waals surface area contributed by atoms with E-state index in [1.165, 1.54) is 0 Å². The fourth-order valence-corrected chi connectivity index (χ4v) is 2.29. The Morgan fingerprint density at radius 3 is 2.67 bits per heavy atom. The summed E-state index contributed by atoms with van der Waals surface area (Å²) in [5, 5.41) is 8.88. The summed E-state index contributed by atoms with van der Waals surface area (Å²) in [6, 6.07) is 13.7. The second-order valence-corrected chi connectivity index (χ2v) is 4.82. The second kappa shape index (κ2) is 5.25. The van der Waals surface area contributed by atoms with Gasteiger partial charge in [0, 0.05) is 17.8 Å². The molecular weight excluding hydrogens is 264 g/mol. The molecule has 0 saturated carbocycles. The van der Waals surface area contributed by atoms with Crippen LogP contribution < -0.4 is 0 Å². The molecule has 3 aromatic rings. The standard InChI is InChI=1S/C17H14N2O2/c1-12-7-9-15-18-17(13-5-3-2-4-6-13)14(19(15)11-12)8-10-16(20)21/h2-11H,1H3,(H,20,21)/b10-8+. The van der Waals surface area contributed by atoms with Gasteiger partial charge in [-0.15, -0.1) is 0 Å². The van der Waals surface area contributed by atoms with Crippen LogP contribution in [0.3, 0.4) is 0 Å². The predicted molar refractivity (Wildman–Crippen MR) is 82.0 cm³/mol. The van der Waals surface area contributed by atoms with Gasteiger partial charge in [-0.05, 0) is 24.6 Å². The van der Waals surface area contributed by atoms with Crippen LogP contribution in [0.25, 0.3) is 23.0 Å². The van der Waals surface area contributed by atoms with Crippen LogP contribution in [0.5, 0.6) is 0 Å². The predicted octanol–water partition coefficient (Wildman–Crippen LogP) is 3.41. The molecule has 1 aromatic carbocycles. The molecule has 0 radical (unpaired) electrons. The molecule has 0 amide bonds. The van der Waals surface area contributed by atoms with Gasteiger partial charge in [0.15, 0.2) is 0 Å². The molecule has 0 saturated heterocycles. The summed E-state index contributed by atoms with van der Waals surface area (Å²) in [4.78, 5) is 15.4. The first kappa shape index (κ1) is 13.1. The minimum atomic E-state index is -0.975. The number of carbonyl (C=O) groups is 1. The zero-order chi connectivity index (χ0) is 14.8. The Morgan fingerprint density at radius 2 is 1.95 bits per heavy atom. The van der Waals surface area contributed by atoms with Gasteiger partial charge < -0.3 is 5.11 Å². The van der Waals surface area contributed by atoms with E-state index in [0.717, 1.165) is 34.2 Å². The third kappa shape index (κ3) is 2.56. The van der Waals surface area contributed by atoms with Crippen molar-refractivity contribution in [1.29, 1.82) is 0 Å². The van der Waals surface area contributed by atoms with Crippen LogP contribution in [0.1, 0.15) is 11.3 Å². The van der Waals surface area contributed by atoms with E-state index in [1.54, 1.807) is 6.08 Å². The van der Waals surface area contributed by atoms with Crippen LogP contribution in [0.2, 0.25) is 0 Å². The summed E-state index contributed by atoms with van der Waals surface area (Å²) in [5.74, 6) is -0.975. The van der Waals surface area contributed by atoms with Gasteiger partial charge in [-0.1, -0.05) is 36.4 Å². The zero-order valence-electron chi connectivity index (χ0n) is 11.5. The molecule has 3 rings (SSSR count). The number of carboxylic acids is 1. The van der Waals surface area contributed by atoms with Crippen LogP contribution >= 0.6 is 0 Å². The summed E-state index contributed by atoms with van der Waals surface area (Å²) in [5.41, 5.74) is 4.39. The molecule has 1 N–H and O–H groups in total. The molecule has 4 nitrogen and oxygen atoms in total. The Kier molecular flexibility index (Phi) is 3.28. The molecule has 2 heterocycles. The molecule has 0 fully saturated rings. The molecule has 104 valence electrons. The summed E-state index contributed by atoms with van der Waals surface area (Å²) >= 11 is 0. The Morgan fingerprint density at radius 1 is 1.19 bits per heavy atom. The van der Waals surface area contributed by atoms with Crippen molar-refractivity contribution in [2.45, 2.75) is 6.92 Å². The average Bonchev–Trinajstić information content (AvgIpc) is 2.84. The lowest BCUT2D eigenvalue weighted by atomic mass is 10.1. The van der Waals surface area contributed by atoms with Crippen molar-refractivity contribution in [1.82, 2.24) is 9.38 Å². The number of aromatic nitrogens is 2. The Balaban J connectivity index is 2.28. The fourth-order valence-electron chi connectivity index (χ4n) is 2.29. The first-order valence-corrected chi connectivity index (χ1v) is 6.60. The number of fused-ring (bicyclic) bond motifs is 1. The van der Waals surface area contributed by atoms with Gasteiger partial charge in [0.2, 0.25) is 0 Å². The molecular formula is C17H14N2O2. The third-order valence-corrected chi connectivity index (χ3v) is 3.23. The molecule has 4 heteroatoms. The Bertz CT molecular complexity index is 833.